The molecule has 0 bridgehead atoms. The molecule has 1 heterocycles. The average molecular weight is 315 g/mol. The van der Waals surface area contributed by atoms with E-state index in [1.54, 1.807) is 13.8 Å². The molecule has 1 amide bonds. The normalized spacial score (nSPS) is 11.1. The monoisotopic (exact) mass is 315 g/mol. The van der Waals surface area contributed by atoms with E-state index in [-0.39, 0.29) is 11.5 Å². The predicted octanol–water partition coefficient (Wildman–Crippen LogP) is 2.95. The molecule has 0 unspecified atom stereocenters. The fourth-order valence-corrected chi connectivity index (χ4v) is 1.67. The quantitative estimate of drug-likeness (QED) is 0.848. The summed E-state index contributed by atoms with van der Waals surface area (Å²) < 4.78 is 44.9. The van der Waals surface area contributed by atoms with Gasteiger partial charge in [-0.05, 0) is 31.2 Å². The molecule has 6 nitrogen and oxygen atoms in total. The van der Waals surface area contributed by atoms with Gasteiger partial charge in [0.1, 0.15) is 5.75 Å². The molecule has 1 aromatic carbocycles. The number of alkyl halides is 3. The number of aromatic nitrogens is 1. The number of amides is 1. The number of anilines is 1. The van der Waals surface area contributed by atoms with Crippen LogP contribution < -0.4 is 15.6 Å². The molecule has 0 aliphatic rings. The summed E-state index contributed by atoms with van der Waals surface area (Å²) in [5.74, 6) is -0.488. The van der Waals surface area contributed by atoms with Crippen molar-refractivity contribution in [3.63, 3.8) is 0 Å². The first-order valence-corrected chi connectivity index (χ1v) is 6.11. The van der Waals surface area contributed by atoms with E-state index in [0.717, 1.165) is 12.1 Å². The highest BCUT2D eigenvalue weighted by Gasteiger charge is 2.30. The van der Waals surface area contributed by atoms with Gasteiger partial charge in [0.25, 0.3) is 0 Å². The molecule has 0 atom stereocenters. The van der Waals surface area contributed by atoms with Gasteiger partial charge in [0.15, 0.2) is 5.89 Å². The highest BCUT2D eigenvalue weighted by atomic mass is 19.4. The molecule has 0 fully saturated rings. The van der Waals surface area contributed by atoms with Crippen molar-refractivity contribution < 1.29 is 27.1 Å². The van der Waals surface area contributed by atoms with Crippen molar-refractivity contribution in [1.82, 2.24) is 10.4 Å². The molecule has 0 saturated heterocycles. The molecule has 0 saturated carbocycles. The lowest BCUT2D eigenvalue weighted by Gasteiger charge is -2.10. The van der Waals surface area contributed by atoms with Gasteiger partial charge in [0, 0.05) is 6.92 Å². The highest BCUT2D eigenvalue weighted by Crippen LogP contribution is 2.23. The number of nitrogens with zero attached hydrogens (tertiary/aromatic N) is 1. The SMILES string of the molecule is Cc1nc(C)c(C(=O)NNc2ccc(OC(F)(F)F)cc2)o1. The minimum atomic E-state index is -4.75. The van der Waals surface area contributed by atoms with Crippen molar-refractivity contribution >= 4 is 11.6 Å². The largest absolute Gasteiger partial charge is 0.573 e. The van der Waals surface area contributed by atoms with Crippen molar-refractivity contribution in [3.8, 4) is 5.75 Å². The number of benzene rings is 1. The number of carbonyl (C=O) groups is 1. The predicted molar refractivity (Wildman–Crippen MR) is 70.2 cm³/mol. The molecule has 0 aliphatic heterocycles. The molecule has 0 spiro atoms. The lowest BCUT2D eigenvalue weighted by atomic mass is 10.3. The molecule has 0 radical (unpaired) electrons. The van der Waals surface area contributed by atoms with Gasteiger partial charge in [-0.25, -0.2) is 4.98 Å². The second kappa shape index (κ2) is 5.96. The Balaban J connectivity index is 1.94. The van der Waals surface area contributed by atoms with Crippen LogP contribution in [0.1, 0.15) is 22.1 Å². The third-order valence-electron chi connectivity index (χ3n) is 2.52. The smallest absolute Gasteiger partial charge is 0.435 e. The van der Waals surface area contributed by atoms with Gasteiger partial charge in [0.05, 0.1) is 11.4 Å². The van der Waals surface area contributed by atoms with Crippen molar-refractivity contribution in [1.29, 1.82) is 0 Å². The zero-order valence-electron chi connectivity index (χ0n) is 11.6. The van der Waals surface area contributed by atoms with E-state index >= 15 is 0 Å². The number of aryl methyl sites for hydroxylation is 2. The lowest BCUT2D eigenvalue weighted by molar-refractivity contribution is -0.274. The summed E-state index contributed by atoms with van der Waals surface area (Å²) in [5.41, 5.74) is 5.70. The fraction of sp³-hybridized carbons (Fsp3) is 0.231. The van der Waals surface area contributed by atoms with E-state index in [9.17, 15) is 18.0 Å². The summed E-state index contributed by atoms with van der Waals surface area (Å²) in [6.45, 7) is 3.23. The summed E-state index contributed by atoms with van der Waals surface area (Å²) in [6, 6.07) is 4.87. The Morgan fingerprint density at radius 3 is 2.36 bits per heavy atom. The van der Waals surface area contributed by atoms with Gasteiger partial charge in [0.2, 0.25) is 5.76 Å². The zero-order chi connectivity index (χ0) is 16.3. The number of oxazole rings is 1. The number of ether oxygens (including phenoxy) is 1. The first-order valence-electron chi connectivity index (χ1n) is 6.11. The molecule has 0 aliphatic carbocycles. The van der Waals surface area contributed by atoms with Crippen LogP contribution in [0.4, 0.5) is 18.9 Å². The third kappa shape index (κ3) is 4.14. The number of halogens is 3. The number of rotatable bonds is 4. The van der Waals surface area contributed by atoms with E-state index in [4.69, 9.17) is 4.42 Å². The Labute approximate surface area is 123 Å². The minimum Gasteiger partial charge on any atom is -0.435 e. The third-order valence-corrected chi connectivity index (χ3v) is 2.52. The summed E-state index contributed by atoms with van der Waals surface area (Å²) in [6.07, 6.45) is -4.75. The second-order valence-electron chi connectivity index (χ2n) is 4.30. The van der Waals surface area contributed by atoms with E-state index in [1.165, 1.54) is 12.1 Å². The van der Waals surface area contributed by atoms with Crippen molar-refractivity contribution in [2.45, 2.75) is 20.2 Å². The molecular weight excluding hydrogens is 303 g/mol. The summed E-state index contributed by atoms with van der Waals surface area (Å²) >= 11 is 0. The fourth-order valence-electron chi connectivity index (χ4n) is 1.67. The van der Waals surface area contributed by atoms with Crippen molar-refractivity contribution in [3.05, 3.63) is 41.6 Å². The maximum absolute atomic E-state index is 12.0. The Morgan fingerprint density at radius 1 is 1.23 bits per heavy atom. The first kappa shape index (κ1) is 15.7. The number of carbonyl (C=O) groups excluding carboxylic acids is 1. The number of hydrogen-bond donors (Lipinski definition) is 2. The van der Waals surface area contributed by atoms with Crippen molar-refractivity contribution in [2.75, 3.05) is 5.43 Å². The van der Waals surface area contributed by atoms with E-state index in [0.29, 0.717) is 17.3 Å². The molecule has 118 valence electrons. The standard InChI is InChI=1S/C13H12F3N3O3/c1-7-11(21-8(2)17-7)12(20)19-18-9-3-5-10(6-4-9)22-13(14,15)16/h3-6,18H,1-2H3,(H,19,20). The van der Waals surface area contributed by atoms with Crippen LogP contribution in [0, 0.1) is 13.8 Å². The molecular formula is C13H12F3N3O3. The van der Waals surface area contributed by atoms with Gasteiger partial charge >= 0.3 is 12.3 Å². The van der Waals surface area contributed by atoms with E-state index in [1.807, 2.05) is 0 Å². The molecule has 2 aromatic rings. The highest BCUT2D eigenvalue weighted by molar-refractivity contribution is 5.93. The molecule has 1 aromatic heterocycles. The van der Waals surface area contributed by atoms with Crippen LogP contribution in [0.5, 0.6) is 5.75 Å². The Hall–Kier alpha value is -2.71. The van der Waals surface area contributed by atoms with E-state index < -0.39 is 12.3 Å². The Bertz CT molecular complexity index is 665. The van der Waals surface area contributed by atoms with Crippen LogP contribution >= 0.6 is 0 Å². The number of hydrazine groups is 1. The van der Waals surface area contributed by atoms with Gasteiger partial charge in [-0.2, -0.15) is 0 Å². The summed E-state index contributed by atoms with van der Waals surface area (Å²) in [5, 5.41) is 0. The topological polar surface area (TPSA) is 76.4 Å². The van der Waals surface area contributed by atoms with Crippen LogP contribution in [0.2, 0.25) is 0 Å². The average Bonchev–Trinajstić information content (AvgIpc) is 2.75. The van der Waals surface area contributed by atoms with Gasteiger partial charge < -0.3 is 9.15 Å². The number of hydrogen-bond acceptors (Lipinski definition) is 5. The molecule has 2 N–H and O–H groups in total. The second-order valence-corrected chi connectivity index (χ2v) is 4.30. The van der Waals surface area contributed by atoms with Crippen LogP contribution in [-0.4, -0.2) is 17.3 Å². The van der Waals surface area contributed by atoms with Crippen LogP contribution in [0.15, 0.2) is 28.7 Å². The maximum Gasteiger partial charge on any atom is 0.573 e. The van der Waals surface area contributed by atoms with Gasteiger partial charge in [-0.1, -0.05) is 0 Å². The number of nitrogens with one attached hydrogen (secondary N) is 2. The van der Waals surface area contributed by atoms with Crippen LogP contribution in [0.3, 0.4) is 0 Å². The Kier molecular flexibility index (Phi) is 4.25. The first-order chi connectivity index (χ1) is 10.2. The molecule has 2 rings (SSSR count). The maximum atomic E-state index is 12.0. The molecule has 9 heteroatoms. The zero-order valence-corrected chi connectivity index (χ0v) is 11.6. The van der Waals surface area contributed by atoms with Crippen LogP contribution in [-0.2, 0) is 0 Å². The summed E-state index contributed by atoms with van der Waals surface area (Å²) in [4.78, 5) is 15.8. The Morgan fingerprint density at radius 2 is 1.86 bits per heavy atom. The van der Waals surface area contributed by atoms with Crippen LogP contribution in [0.25, 0.3) is 0 Å². The van der Waals surface area contributed by atoms with E-state index in [2.05, 4.69) is 20.6 Å². The summed E-state index contributed by atoms with van der Waals surface area (Å²) in [7, 11) is 0. The molecule has 22 heavy (non-hydrogen) atoms. The van der Waals surface area contributed by atoms with Crippen molar-refractivity contribution in [2.24, 2.45) is 0 Å². The minimum absolute atomic E-state index is 0.0574. The van der Waals surface area contributed by atoms with Gasteiger partial charge in [-0.15, -0.1) is 13.2 Å². The lowest BCUT2D eigenvalue weighted by Crippen LogP contribution is -2.29. The van der Waals surface area contributed by atoms with Gasteiger partial charge in [-0.3, -0.25) is 15.6 Å².